The Bertz CT molecular complexity index is 560. The molecule has 0 fully saturated rings. The monoisotopic (exact) mass is 280 g/mol. The third-order valence-corrected chi connectivity index (χ3v) is 3.51. The van der Waals surface area contributed by atoms with Gasteiger partial charge in [-0.15, -0.1) is 5.10 Å². The van der Waals surface area contributed by atoms with Gasteiger partial charge >= 0.3 is 5.97 Å². The van der Waals surface area contributed by atoms with Gasteiger partial charge in [0.05, 0.1) is 11.8 Å². The number of hydrogen-bond donors (Lipinski definition) is 1. The van der Waals surface area contributed by atoms with Crippen molar-refractivity contribution in [1.82, 2.24) is 10.2 Å². The molecule has 1 aromatic heterocycles. The normalized spacial score (nSPS) is 10.3. The molecule has 1 N–H and O–H groups in total. The van der Waals surface area contributed by atoms with Crippen LogP contribution in [0.2, 0.25) is 5.02 Å². The standard InChI is InChI=1S/C12H9ClN2O2S/c13-9-3-1-8(2-4-9)7-18-11-10(12(16)17)5-6-14-15-11/h1-6H,7H2,(H,16,17). The fraction of sp³-hybridized carbons (Fsp3) is 0.0833. The maximum absolute atomic E-state index is 11.0. The zero-order valence-corrected chi connectivity index (χ0v) is 10.8. The van der Waals surface area contributed by atoms with E-state index in [9.17, 15) is 4.79 Å². The molecule has 0 bridgehead atoms. The van der Waals surface area contributed by atoms with Gasteiger partial charge in [-0.1, -0.05) is 35.5 Å². The van der Waals surface area contributed by atoms with Crippen molar-refractivity contribution >= 4 is 29.3 Å². The van der Waals surface area contributed by atoms with Crippen molar-refractivity contribution in [3.63, 3.8) is 0 Å². The molecule has 2 aromatic rings. The number of nitrogens with zero attached hydrogens (tertiary/aromatic N) is 2. The van der Waals surface area contributed by atoms with E-state index in [-0.39, 0.29) is 5.56 Å². The first-order valence-electron chi connectivity index (χ1n) is 5.09. The van der Waals surface area contributed by atoms with E-state index >= 15 is 0 Å². The SMILES string of the molecule is O=C(O)c1ccnnc1SCc1ccc(Cl)cc1. The summed E-state index contributed by atoms with van der Waals surface area (Å²) in [5.74, 6) is -0.376. The van der Waals surface area contributed by atoms with Crippen molar-refractivity contribution in [2.24, 2.45) is 0 Å². The Morgan fingerprint density at radius 3 is 2.67 bits per heavy atom. The Morgan fingerprint density at radius 2 is 2.00 bits per heavy atom. The molecule has 0 aliphatic rings. The van der Waals surface area contributed by atoms with Crippen LogP contribution in [0.4, 0.5) is 0 Å². The van der Waals surface area contributed by atoms with Gasteiger partial charge < -0.3 is 5.11 Å². The molecule has 0 aliphatic heterocycles. The molecular formula is C12H9ClN2O2S. The first kappa shape index (κ1) is 12.9. The first-order valence-corrected chi connectivity index (χ1v) is 6.45. The van der Waals surface area contributed by atoms with Gasteiger partial charge in [0.15, 0.2) is 0 Å². The average Bonchev–Trinajstić information content (AvgIpc) is 2.38. The Kier molecular flexibility index (Phi) is 4.17. The largest absolute Gasteiger partial charge is 0.478 e. The van der Waals surface area contributed by atoms with Gasteiger partial charge in [0.2, 0.25) is 0 Å². The lowest BCUT2D eigenvalue weighted by atomic mass is 10.2. The highest BCUT2D eigenvalue weighted by molar-refractivity contribution is 7.98. The number of thioether (sulfide) groups is 1. The van der Waals surface area contributed by atoms with Crippen LogP contribution in [0.5, 0.6) is 0 Å². The maximum Gasteiger partial charge on any atom is 0.338 e. The minimum absolute atomic E-state index is 0.170. The van der Waals surface area contributed by atoms with Crippen molar-refractivity contribution in [2.75, 3.05) is 0 Å². The molecule has 0 atom stereocenters. The molecule has 0 aliphatic carbocycles. The molecule has 18 heavy (non-hydrogen) atoms. The molecule has 0 radical (unpaired) electrons. The van der Waals surface area contributed by atoms with Crippen LogP contribution < -0.4 is 0 Å². The number of aromatic carboxylic acids is 1. The number of carboxylic acid groups (broad SMARTS) is 1. The summed E-state index contributed by atoms with van der Waals surface area (Å²) >= 11 is 7.13. The topological polar surface area (TPSA) is 63.1 Å². The summed E-state index contributed by atoms with van der Waals surface area (Å²) in [6, 6.07) is 8.83. The molecule has 4 nitrogen and oxygen atoms in total. The van der Waals surface area contributed by atoms with E-state index in [1.807, 2.05) is 12.1 Å². The van der Waals surface area contributed by atoms with Crippen LogP contribution in [-0.4, -0.2) is 21.3 Å². The minimum atomic E-state index is -0.997. The van der Waals surface area contributed by atoms with Gasteiger partial charge in [-0.25, -0.2) is 4.79 Å². The van der Waals surface area contributed by atoms with Gasteiger partial charge in [0, 0.05) is 10.8 Å². The molecule has 0 spiro atoms. The second kappa shape index (κ2) is 5.84. The highest BCUT2D eigenvalue weighted by Gasteiger charge is 2.11. The third kappa shape index (κ3) is 3.21. The van der Waals surface area contributed by atoms with Gasteiger partial charge in [-0.2, -0.15) is 5.10 Å². The Labute approximate surface area is 113 Å². The minimum Gasteiger partial charge on any atom is -0.478 e. The Balaban J connectivity index is 2.10. The molecule has 0 saturated carbocycles. The summed E-state index contributed by atoms with van der Waals surface area (Å²) in [6.45, 7) is 0. The maximum atomic E-state index is 11.0. The van der Waals surface area contributed by atoms with Crippen LogP contribution in [0.15, 0.2) is 41.6 Å². The Hall–Kier alpha value is -1.59. The number of carbonyl (C=O) groups is 1. The number of benzene rings is 1. The van der Waals surface area contributed by atoms with Crippen molar-refractivity contribution in [3.8, 4) is 0 Å². The molecule has 0 saturated heterocycles. The molecule has 2 rings (SSSR count). The number of hydrogen-bond acceptors (Lipinski definition) is 4. The van der Waals surface area contributed by atoms with Crippen molar-refractivity contribution in [3.05, 3.63) is 52.7 Å². The van der Waals surface area contributed by atoms with E-state index in [4.69, 9.17) is 16.7 Å². The molecule has 1 heterocycles. The summed E-state index contributed by atoms with van der Waals surface area (Å²) in [5, 5.41) is 17.6. The van der Waals surface area contributed by atoms with Crippen LogP contribution in [0.3, 0.4) is 0 Å². The van der Waals surface area contributed by atoms with E-state index in [0.717, 1.165) is 5.56 Å². The number of halogens is 1. The molecular weight excluding hydrogens is 272 g/mol. The smallest absolute Gasteiger partial charge is 0.338 e. The predicted molar refractivity (Wildman–Crippen MR) is 70.0 cm³/mol. The highest BCUT2D eigenvalue weighted by Crippen LogP contribution is 2.24. The number of carboxylic acids is 1. The fourth-order valence-electron chi connectivity index (χ4n) is 1.32. The van der Waals surface area contributed by atoms with E-state index in [1.54, 1.807) is 12.1 Å². The second-order valence-electron chi connectivity index (χ2n) is 3.47. The van der Waals surface area contributed by atoms with Crippen LogP contribution in [-0.2, 0) is 5.75 Å². The van der Waals surface area contributed by atoms with Crippen molar-refractivity contribution < 1.29 is 9.90 Å². The quantitative estimate of drug-likeness (QED) is 0.872. The van der Waals surface area contributed by atoms with E-state index < -0.39 is 5.97 Å². The Morgan fingerprint density at radius 1 is 1.28 bits per heavy atom. The van der Waals surface area contributed by atoms with Crippen LogP contribution in [0.25, 0.3) is 0 Å². The number of rotatable bonds is 4. The zero-order valence-electron chi connectivity index (χ0n) is 9.21. The lowest BCUT2D eigenvalue weighted by Gasteiger charge is -2.03. The predicted octanol–water partition coefficient (Wildman–Crippen LogP) is 3.12. The average molecular weight is 281 g/mol. The zero-order chi connectivity index (χ0) is 13.0. The number of aromatic nitrogens is 2. The molecule has 92 valence electrons. The van der Waals surface area contributed by atoms with E-state index in [1.165, 1.54) is 24.0 Å². The summed E-state index contributed by atoms with van der Waals surface area (Å²) in [6.07, 6.45) is 1.37. The lowest BCUT2D eigenvalue weighted by Crippen LogP contribution is -2.01. The van der Waals surface area contributed by atoms with Crippen LogP contribution in [0, 0.1) is 0 Å². The van der Waals surface area contributed by atoms with E-state index in [0.29, 0.717) is 15.8 Å². The summed E-state index contributed by atoms with van der Waals surface area (Å²) in [5.41, 5.74) is 1.22. The summed E-state index contributed by atoms with van der Waals surface area (Å²) < 4.78 is 0. The second-order valence-corrected chi connectivity index (χ2v) is 4.87. The van der Waals surface area contributed by atoms with Gasteiger partial charge in [-0.3, -0.25) is 0 Å². The molecule has 6 heteroatoms. The summed E-state index contributed by atoms with van der Waals surface area (Å²) in [7, 11) is 0. The van der Waals surface area contributed by atoms with Crippen molar-refractivity contribution in [1.29, 1.82) is 0 Å². The molecule has 1 aromatic carbocycles. The third-order valence-electron chi connectivity index (χ3n) is 2.21. The van der Waals surface area contributed by atoms with Crippen molar-refractivity contribution in [2.45, 2.75) is 10.8 Å². The van der Waals surface area contributed by atoms with E-state index in [2.05, 4.69) is 10.2 Å². The summed E-state index contributed by atoms with van der Waals surface area (Å²) in [4.78, 5) is 11.0. The van der Waals surface area contributed by atoms with Gasteiger partial charge in [-0.05, 0) is 23.8 Å². The van der Waals surface area contributed by atoms with Crippen LogP contribution >= 0.6 is 23.4 Å². The fourth-order valence-corrected chi connectivity index (χ4v) is 2.36. The highest BCUT2D eigenvalue weighted by atomic mass is 35.5. The first-order chi connectivity index (χ1) is 8.66. The van der Waals surface area contributed by atoms with Gasteiger partial charge in [0.25, 0.3) is 0 Å². The van der Waals surface area contributed by atoms with Crippen LogP contribution in [0.1, 0.15) is 15.9 Å². The molecule has 0 unspecified atom stereocenters. The lowest BCUT2D eigenvalue weighted by molar-refractivity contribution is 0.0692. The van der Waals surface area contributed by atoms with Gasteiger partial charge in [0.1, 0.15) is 5.03 Å². The molecule has 0 amide bonds.